The van der Waals surface area contributed by atoms with E-state index in [4.69, 9.17) is 9.47 Å². The first-order valence-corrected chi connectivity index (χ1v) is 12.4. The number of nitrogens with zero attached hydrogens (tertiary/aromatic N) is 3. The maximum Gasteiger partial charge on any atom is 0.421 e. The van der Waals surface area contributed by atoms with Crippen molar-refractivity contribution in [1.82, 2.24) is 20.2 Å². The third-order valence-corrected chi connectivity index (χ3v) is 6.29. The van der Waals surface area contributed by atoms with Gasteiger partial charge in [0.05, 0.1) is 5.41 Å². The van der Waals surface area contributed by atoms with Gasteiger partial charge in [-0.25, -0.2) is 9.78 Å². The number of piperidine rings is 1. The first-order chi connectivity index (χ1) is 17.6. The van der Waals surface area contributed by atoms with Crippen LogP contribution in [0.15, 0.2) is 36.7 Å². The molecule has 208 valence electrons. The Bertz CT molecular complexity index is 1150. The molecule has 0 unspecified atom stereocenters. The van der Waals surface area contributed by atoms with Gasteiger partial charge in [-0.1, -0.05) is 6.07 Å². The Labute approximate surface area is 220 Å². The SMILES string of the molecule is Cc1ncccc1[C@H]1CN(C(=O)OC(C)(C)C)CC[C@@H]1NC(=O)C(C)(C)COc1ncccc1C(F)(F)F. The molecule has 1 fully saturated rings. The average Bonchev–Trinajstić information content (AvgIpc) is 2.82. The average molecular weight is 537 g/mol. The molecule has 0 aromatic carbocycles. The van der Waals surface area contributed by atoms with Gasteiger partial charge in [0, 0.05) is 43.1 Å². The van der Waals surface area contributed by atoms with E-state index in [1.165, 1.54) is 12.3 Å². The minimum Gasteiger partial charge on any atom is -0.476 e. The van der Waals surface area contributed by atoms with Crippen molar-refractivity contribution in [1.29, 1.82) is 0 Å². The molecule has 0 radical (unpaired) electrons. The highest BCUT2D eigenvalue weighted by Crippen LogP contribution is 2.35. The van der Waals surface area contributed by atoms with Gasteiger partial charge in [-0.3, -0.25) is 9.78 Å². The highest BCUT2D eigenvalue weighted by Gasteiger charge is 2.40. The van der Waals surface area contributed by atoms with Crippen LogP contribution >= 0.6 is 0 Å². The van der Waals surface area contributed by atoms with E-state index in [2.05, 4.69) is 15.3 Å². The minimum absolute atomic E-state index is 0.266. The molecule has 0 spiro atoms. The van der Waals surface area contributed by atoms with Gasteiger partial charge in [-0.15, -0.1) is 0 Å². The van der Waals surface area contributed by atoms with Crippen LogP contribution in [-0.4, -0.2) is 58.2 Å². The molecular weight excluding hydrogens is 501 g/mol. The summed E-state index contributed by atoms with van der Waals surface area (Å²) in [5.41, 5.74) is -1.15. The van der Waals surface area contributed by atoms with Crippen LogP contribution in [0.1, 0.15) is 63.8 Å². The predicted molar refractivity (Wildman–Crippen MR) is 135 cm³/mol. The molecule has 1 saturated heterocycles. The zero-order valence-corrected chi connectivity index (χ0v) is 22.6. The Kier molecular flexibility index (Phi) is 8.58. The van der Waals surface area contributed by atoms with Crippen molar-refractivity contribution in [3.05, 3.63) is 53.5 Å². The maximum absolute atomic E-state index is 13.3. The van der Waals surface area contributed by atoms with Crippen LogP contribution in [0.25, 0.3) is 0 Å². The van der Waals surface area contributed by atoms with Crippen molar-refractivity contribution >= 4 is 12.0 Å². The Morgan fingerprint density at radius 2 is 1.74 bits per heavy atom. The quantitative estimate of drug-likeness (QED) is 0.551. The monoisotopic (exact) mass is 536 g/mol. The van der Waals surface area contributed by atoms with Gasteiger partial charge in [0.1, 0.15) is 17.8 Å². The molecule has 2 aromatic heterocycles. The maximum atomic E-state index is 13.3. The van der Waals surface area contributed by atoms with Crippen LogP contribution in [0.5, 0.6) is 5.88 Å². The van der Waals surface area contributed by atoms with Gasteiger partial charge in [-0.05, 0) is 71.7 Å². The molecule has 1 aliphatic heterocycles. The highest BCUT2D eigenvalue weighted by atomic mass is 19.4. The normalized spacial score (nSPS) is 18.6. The van der Waals surface area contributed by atoms with Crippen LogP contribution in [-0.2, 0) is 15.7 Å². The van der Waals surface area contributed by atoms with Crippen molar-refractivity contribution in [3.8, 4) is 5.88 Å². The van der Waals surface area contributed by atoms with Gasteiger partial charge in [0.2, 0.25) is 11.8 Å². The zero-order valence-electron chi connectivity index (χ0n) is 22.6. The summed E-state index contributed by atoms with van der Waals surface area (Å²) in [5.74, 6) is -1.22. The van der Waals surface area contributed by atoms with Gasteiger partial charge >= 0.3 is 12.3 Å². The molecule has 2 amide bonds. The predicted octanol–water partition coefficient (Wildman–Crippen LogP) is 5.12. The summed E-state index contributed by atoms with van der Waals surface area (Å²) in [6, 6.07) is 5.44. The van der Waals surface area contributed by atoms with E-state index in [0.29, 0.717) is 19.5 Å². The lowest BCUT2D eigenvalue weighted by atomic mass is 9.84. The van der Waals surface area contributed by atoms with E-state index in [1.807, 2.05) is 13.0 Å². The molecule has 0 bridgehead atoms. The number of aromatic nitrogens is 2. The lowest BCUT2D eigenvalue weighted by Gasteiger charge is -2.40. The minimum atomic E-state index is -4.63. The number of likely N-dealkylation sites (tertiary alicyclic amines) is 1. The number of hydrogen-bond donors (Lipinski definition) is 1. The van der Waals surface area contributed by atoms with Crippen LogP contribution in [0.3, 0.4) is 0 Å². The van der Waals surface area contributed by atoms with Crippen molar-refractivity contribution in [3.63, 3.8) is 0 Å². The summed E-state index contributed by atoms with van der Waals surface area (Å²) in [4.78, 5) is 35.8. The van der Waals surface area contributed by atoms with Crippen molar-refractivity contribution in [2.45, 2.75) is 71.7 Å². The van der Waals surface area contributed by atoms with Crippen LogP contribution in [0, 0.1) is 12.3 Å². The number of alkyl halides is 3. The number of pyridine rings is 2. The molecule has 3 heterocycles. The number of halogens is 3. The van der Waals surface area contributed by atoms with E-state index >= 15 is 0 Å². The summed E-state index contributed by atoms with van der Waals surface area (Å²) >= 11 is 0. The molecule has 0 aliphatic carbocycles. The number of carbonyl (C=O) groups excluding carboxylic acids is 2. The number of aryl methyl sites for hydroxylation is 1. The standard InChI is InChI=1S/C27H35F3N4O4/c1-17-18(9-7-12-31-17)19-15-34(24(36)38-25(2,3)4)14-11-21(19)33-23(35)26(5,6)16-37-22-20(27(28,29)30)10-8-13-32-22/h7-10,12-13,19,21H,11,14-16H2,1-6H3,(H,33,35)/t19-,21+/m1/s1. The molecule has 8 nitrogen and oxygen atoms in total. The number of rotatable bonds is 6. The van der Waals surface area contributed by atoms with Crippen LogP contribution < -0.4 is 10.1 Å². The third kappa shape index (κ3) is 7.35. The fourth-order valence-electron chi connectivity index (χ4n) is 4.22. The lowest BCUT2D eigenvalue weighted by molar-refractivity contribution is -0.139. The second kappa shape index (κ2) is 11.2. The Hall–Kier alpha value is -3.37. The number of nitrogens with one attached hydrogen (secondary N) is 1. The summed E-state index contributed by atoms with van der Waals surface area (Å²) in [7, 11) is 0. The smallest absolute Gasteiger partial charge is 0.421 e. The van der Waals surface area contributed by atoms with Crippen molar-refractivity contribution in [2.24, 2.45) is 5.41 Å². The van der Waals surface area contributed by atoms with E-state index in [-0.39, 0.29) is 24.5 Å². The van der Waals surface area contributed by atoms with Gasteiger partial charge in [0.25, 0.3) is 0 Å². The number of carbonyl (C=O) groups is 2. The first kappa shape index (κ1) is 29.2. The molecule has 1 N–H and O–H groups in total. The molecular formula is C27H35F3N4O4. The van der Waals surface area contributed by atoms with Gasteiger partial charge in [-0.2, -0.15) is 13.2 Å². The van der Waals surface area contributed by atoms with Gasteiger partial charge < -0.3 is 19.7 Å². The molecule has 0 saturated carbocycles. The van der Waals surface area contributed by atoms with Crippen molar-refractivity contribution < 1.29 is 32.2 Å². The lowest BCUT2D eigenvalue weighted by Crippen LogP contribution is -2.54. The highest BCUT2D eigenvalue weighted by molar-refractivity contribution is 5.82. The van der Waals surface area contributed by atoms with Crippen molar-refractivity contribution in [2.75, 3.05) is 19.7 Å². The number of hydrogen-bond acceptors (Lipinski definition) is 6. The second-order valence-electron chi connectivity index (χ2n) is 11.1. The van der Waals surface area contributed by atoms with E-state index in [1.54, 1.807) is 51.8 Å². The fraction of sp³-hybridized carbons (Fsp3) is 0.556. The fourth-order valence-corrected chi connectivity index (χ4v) is 4.22. The zero-order chi connectivity index (χ0) is 28.3. The van der Waals surface area contributed by atoms with Crippen LogP contribution in [0.2, 0.25) is 0 Å². The van der Waals surface area contributed by atoms with E-state index < -0.39 is 34.7 Å². The van der Waals surface area contributed by atoms with Gasteiger partial charge in [0.15, 0.2) is 0 Å². The summed E-state index contributed by atoms with van der Waals surface area (Å²) in [6.45, 7) is 10.8. The molecule has 2 atom stereocenters. The summed E-state index contributed by atoms with van der Waals surface area (Å²) in [6.07, 6.45) is -1.73. The number of amides is 2. The number of ether oxygens (including phenoxy) is 2. The Morgan fingerprint density at radius 3 is 2.37 bits per heavy atom. The summed E-state index contributed by atoms with van der Waals surface area (Å²) < 4.78 is 50.9. The molecule has 3 rings (SSSR count). The molecule has 11 heteroatoms. The molecule has 1 aliphatic rings. The summed E-state index contributed by atoms with van der Waals surface area (Å²) in [5, 5.41) is 3.06. The topological polar surface area (TPSA) is 93.7 Å². The Balaban J connectivity index is 1.76. The first-order valence-electron chi connectivity index (χ1n) is 12.4. The van der Waals surface area contributed by atoms with E-state index in [0.717, 1.165) is 17.3 Å². The third-order valence-electron chi connectivity index (χ3n) is 6.29. The second-order valence-corrected chi connectivity index (χ2v) is 11.1. The largest absolute Gasteiger partial charge is 0.476 e. The molecule has 2 aromatic rings. The Morgan fingerprint density at radius 1 is 1.08 bits per heavy atom. The van der Waals surface area contributed by atoms with Crippen LogP contribution in [0.4, 0.5) is 18.0 Å². The molecule has 38 heavy (non-hydrogen) atoms. The van der Waals surface area contributed by atoms with E-state index in [9.17, 15) is 22.8 Å².